The van der Waals surface area contributed by atoms with Crippen molar-refractivity contribution in [3.63, 3.8) is 0 Å². The number of nitrogens with zero attached hydrogens (tertiary/aromatic N) is 4. The highest BCUT2D eigenvalue weighted by atomic mass is 31.2. The molecular formula is C25H25F6N4O6P. The maximum Gasteiger partial charge on any atom is 0.419 e. The summed E-state index contributed by atoms with van der Waals surface area (Å²) < 4.78 is 108. The van der Waals surface area contributed by atoms with Crippen LogP contribution in [0.4, 0.5) is 32.0 Å². The number of amides is 1. The van der Waals surface area contributed by atoms with Crippen molar-refractivity contribution in [2.45, 2.75) is 31.3 Å². The fraction of sp³-hybridized carbons (Fsp3) is 0.480. The van der Waals surface area contributed by atoms with Gasteiger partial charge in [0.15, 0.2) is 6.10 Å². The fourth-order valence-corrected chi connectivity index (χ4v) is 7.00. The average Bonchev–Trinajstić information content (AvgIpc) is 3.83. The first-order valence-electron chi connectivity index (χ1n) is 12.9. The lowest BCUT2D eigenvalue weighted by Crippen LogP contribution is -2.42. The molecule has 0 bridgehead atoms. The zero-order valence-electron chi connectivity index (χ0n) is 21.8. The van der Waals surface area contributed by atoms with Gasteiger partial charge in [-0.05, 0) is 54.8 Å². The number of carbonyl (C=O) groups is 1. The van der Waals surface area contributed by atoms with E-state index in [-0.39, 0.29) is 37.2 Å². The first-order chi connectivity index (χ1) is 19.7. The molecule has 0 spiro atoms. The number of alkyl halides is 6. The first kappa shape index (κ1) is 30.3. The maximum absolute atomic E-state index is 14.1. The summed E-state index contributed by atoms with van der Waals surface area (Å²) in [6, 6.07) is 7.62. The molecule has 0 saturated carbocycles. The van der Waals surface area contributed by atoms with E-state index in [0.717, 1.165) is 18.2 Å². The summed E-state index contributed by atoms with van der Waals surface area (Å²) in [5.41, 5.74) is -1.07. The van der Waals surface area contributed by atoms with Crippen molar-refractivity contribution in [3.8, 4) is 11.5 Å². The highest BCUT2D eigenvalue weighted by molar-refractivity contribution is 7.54. The molecule has 2 aromatic rings. The normalized spacial score (nSPS) is 19.4. The first-order valence-corrected chi connectivity index (χ1v) is 14.5. The summed E-state index contributed by atoms with van der Waals surface area (Å²) in [5.74, 6) is -2.58. The maximum atomic E-state index is 14.1. The number of halogens is 6. The number of likely N-dealkylation sites (tertiary alicyclic amines) is 1. The van der Waals surface area contributed by atoms with Crippen molar-refractivity contribution in [2.75, 3.05) is 39.3 Å². The molecule has 3 fully saturated rings. The van der Waals surface area contributed by atoms with Gasteiger partial charge in [-0.3, -0.25) is 24.0 Å². The minimum absolute atomic E-state index is 0.0501. The second-order valence-corrected chi connectivity index (χ2v) is 12.5. The molecule has 17 heteroatoms. The Labute approximate surface area is 235 Å². The van der Waals surface area contributed by atoms with Crippen LogP contribution in [-0.2, 0) is 9.09 Å². The molecule has 0 radical (unpaired) electrons. The quantitative estimate of drug-likeness (QED) is 0.108. The Morgan fingerprint density at radius 2 is 1.50 bits per heavy atom. The van der Waals surface area contributed by atoms with Gasteiger partial charge >= 0.3 is 25.7 Å². The summed E-state index contributed by atoms with van der Waals surface area (Å²) in [6.07, 6.45) is -12.4. The molecule has 1 atom stereocenters. The molecule has 42 heavy (non-hydrogen) atoms. The number of piperidine rings is 1. The Morgan fingerprint density at radius 1 is 0.929 bits per heavy atom. The third-order valence-electron chi connectivity index (χ3n) is 7.16. The highest BCUT2D eigenvalue weighted by Crippen LogP contribution is 2.64. The largest absolute Gasteiger partial charge is 0.450 e. The van der Waals surface area contributed by atoms with Gasteiger partial charge in [-0.1, -0.05) is 0 Å². The topological polar surface area (TPSA) is 105 Å². The summed E-state index contributed by atoms with van der Waals surface area (Å²) in [7, 11) is -3.93. The van der Waals surface area contributed by atoms with E-state index in [1.165, 1.54) is 38.5 Å². The number of carbonyl (C=O) groups excluding carboxylic acids is 1. The molecule has 2 aromatic carbocycles. The average molecular weight is 622 g/mol. The van der Waals surface area contributed by atoms with Gasteiger partial charge in [0.05, 0.1) is 10.8 Å². The lowest BCUT2D eigenvalue weighted by Gasteiger charge is -2.33. The molecule has 3 saturated heterocycles. The SMILES string of the molecule is O=C(c1ccc(Oc2cc(C(OP(=O)(N3CC3)N3CC3)C(F)(F)F)ccc2[N+](=O)[O-])cc1)N1CCC(C(F)(F)F)CC1. The van der Waals surface area contributed by atoms with Gasteiger partial charge in [-0.25, -0.2) is 9.34 Å². The number of hydrogen-bond acceptors (Lipinski definition) is 6. The van der Waals surface area contributed by atoms with Crippen molar-refractivity contribution in [3.05, 3.63) is 63.7 Å². The van der Waals surface area contributed by atoms with Crippen LogP contribution in [-0.4, -0.2) is 76.7 Å². The minimum Gasteiger partial charge on any atom is -0.450 e. The lowest BCUT2D eigenvalue weighted by atomic mass is 9.96. The molecule has 1 amide bonds. The molecular weight excluding hydrogens is 597 g/mol. The summed E-state index contributed by atoms with van der Waals surface area (Å²) in [4.78, 5) is 24.8. The van der Waals surface area contributed by atoms with Gasteiger partial charge in [0.25, 0.3) is 5.91 Å². The Bertz CT molecular complexity index is 1370. The highest BCUT2D eigenvalue weighted by Gasteiger charge is 2.55. The molecule has 5 rings (SSSR count). The zero-order valence-corrected chi connectivity index (χ0v) is 22.7. The standard InChI is InChI=1S/C25H25F6N4O6P/c26-24(27,28)18-7-9-32(10-8-18)23(36)16-1-4-19(5-2-16)40-21-15-17(3-6-20(21)35(37)38)22(25(29,30)31)41-42(39,33-11-12-33)34-13-14-34/h1-6,15,18,22H,7-14H2. The van der Waals surface area contributed by atoms with Crippen LogP contribution in [0.2, 0.25) is 0 Å². The Morgan fingerprint density at radius 3 is 1.98 bits per heavy atom. The second-order valence-electron chi connectivity index (χ2n) is 10.1. The van der Waals surface area contributed by atoms with E-state index in [0.29, 0.717) is 26.2 Å². The number of nitro groups is 1. The van der Waals surface area contributed by atoms with Gasteiger partial charge in [0.2, 0.25) is 5.75 Å². The van der Waals surface area contributed by atoms with Crippen molar-refractivity contribution >= 4 is 19.3 Å². The predicted molar refractivity (Wildman–Crippen MR) is 135 cm³/mol. The molecule has 0 N–H and O–H groups in total. The molecule has 0 aliphatic carbocycles. The third kappa shape index (κ3) is 6.56. The molecule has 3 heterocycles. The van der Waals surface area contributed by atoms with Crippen LogP contribution < -0.4 is 4.74 Å². The number of hydrogen-bond donors (Lipinski definition) is 0. The van der Waals surface area contributed by atoms with Crippen molar-refractivity contribution in [2.24, 2.45) is 5.92 Å². The molecule has 1 unspecified atom stereocenters. The molecule has 10 nitrogen and oxygen atoms in total. The Balaban J connectivity index is 1.34. The van der Waals surface area contributed by atoms with E-state index in [1.54, 1.807) is 0 Å². The van der Waals surface area contributed by atoms with Crippen molar-refractivity contribution in [1.29, 1.82) is 0 Å². The summed E-state index contributed by atoms with van der Waals surface area (Å²) in [6.45, 7) is 1.11. The minimum atomic E-state index is -5.01. The van der Waals surface area contributed by atoms with Crippen LogP contribution in [0, 0.1) is 16.0 Å². The van der Waals surface area contributed by atoms with Crippen LogP contribution in [0.15, 0.2) is 42.5 Å². The molecule has 3 aliphatic heterocycles. The third-order valence-corrected chi connectivity index (χ3v) is 9.87. The number of nitro benzene ring substituents is 1. The summed E-state index contributed by atoms with van der Waals surface area (Å²) >= 11 is 0. The van der Waals surface area contributed by atoms with E-state index >= 15 is 0 Å². The van der Waals surface area contributed by atoms with Crippen LogP contribution in [0.25, 0.3) is 0 Å². The van der Waals surface area contributed by atoms with Gasteiger partial charge in [0, 0.05) is 50.9 Å². The predicted octanol–water partition coefficient (Wildman–Crippen LogP) is 6.16. The monoisotopic (exact) mass is 622 g/mol. The van der Waals surface area contributed by atoms with E-state index in [2.05, 4.69) is 0 Å². The fourth-order valence-electron chi connectivity index (χ4n) is 4.67. The van der Waals surface area contributed by atoms with Gasteiger partial charge in [-0.2, -0.15) is 26.3 Å². The van der Waals surface area contributed by atoms with Crippen LogP contribution in [0.3, 0.4) is 0 Å². The smallest absolute Gasteiger partial charge is 0.419 e. The lowest BCUT2D eigenvalue weighted by molar-refractivity contribution is -0.385. The number of ether oxygens (including phenoxy) is 1. The molecule has 3 aliphatic rings. The van der Waals surface area contributed by atoms with Crippen LogP contribution >= 0.6 is 7.67 Å². The van der Waals surface area contributed by atoms with E-state index < -0.39 is 59.9 Å². The van der Waals surface area contributed by atoms with E-state index in [4.69, 9.17) is 9.26 Å². The van der Waals surface area contributed by atoms with Crippen molar-refractivity contribution in [1.82, 2.24) is 14.2 Å². The number of rotatable bonds is 9. The van der Waals surface area contributed by atoms with Gasteiger partial charge in [-0.15, -0.1) is 0 Å². The number of benzene rings is 2. The van der Waals surface area contributed by atoms with Gasteiger partial charge in [0.1, 0.15) is 5.75 Å². The van der Waals surface area contributed by atoms with Gasteiger partial charge < -0.3 is 9.64 Å². The molecule has 228 valence electrons. The Kier molecular flexibility index (Phi) is 8.02. The zero-order chi connectivity index (χ0) is 30.4. The van der Waals surface area contributed by atoms with E-state index in [1.807, 2.05) is 0 Å². The Hall–Kier alpha value is -3.20. The van der Waals surface area contributed by atoms with Crippen LogP contribution in [0.1, 0.15) is 34.9 Å². The van der Waals surface area contributed by atoms with Crippen molar-refractivity contribution < 1.29 is 49.9 Å². The van der Waals surface area contributed by atoms with Crippen LogP contribution in [0.5, 0.6) is 11.5 Å². The second kappa shape index (κ2) is 11.1. The van der Waals surface area contributed by atoms with E-state index in [9.17, 15) is 45.8 Å². The molecule has 0 aromatic heterocycles. The summed E-state index contributed by atoms with van der Waals surface area (Å²) in [5, 5.41) is 11.6.